The molecule has 0 spiro atoms. The van der Waals surface area contributed by atoms with Crippen molar-refractivity contribution in [1.29, 1.82) is 0 Å². The lowest BCUT2D eigenvalue weighted by molar-refractivity contribution is -0.153. The number of imide groups is 1. The predicted molar refractivity (Wildman–Crippen MR) is 143 cm³/mol. The van der Waals surface area contributed by atoms with Crippen LogP contribution in [0.15, 0.2) is 84.7 Å². The van der Waals surface area contributed by atoms with Gasteiger partial charge in [0.2, 0.25) is 0 Å². The van der Waals surface area contributed by atoms with E-state index in [4.69, 9.17) is 23.7 Å². The average molecular weight is 552 g/mol. The van der Waals surface area contributed by atoms with Crippen molar-refractivity contribution in [1.82, 2.24) is 4.90 Å². The van der Waals surface area contributed by atoms with E-state index in [2.05, 4.69) is 0 Å². The predicted octanol–water partition coefficient (Wildman–Crippen LogP) is 3.11. The molecule has 0 aliphatic carbocycles. The maximum absolute atomic E-state index is 13.4. The minimum atomic E-state index is -1.36. The largest absolute Gasteiger partial charge is 0.479 e. The van der Waals surface area contributed by atoms with Gasteiger partial charge >= 0.3 is 6.09 Å². The second-order valence-electron chi connectivity index (χ2n) is 9.21. The third-order valence-electron chi connectivity index (χ3n) is 6.47. The van der Waals surface area contributed by atoms with Crippen molar-refractivity contribution in [3.63, 3.8) is 0 Å². The van der Waals surface area contributed by atoms with E-state index in [0.29, 0.717) is 25.4 Å². The number of ether oxygens (including phenoxy) is 5. The third-order valence-corrected chi connectivity index (χ3v) is 6.47. The number of allylic oxidation sites excluding steroid dienone is 1. The molecule has 1 N–H and O–H groups in total. The van der Waals surface area contributed by atoms with Gasteiger partial charge in [-0.2, -0.15) is 0 Å². The van der Waals surface area contributed by atoms with E-state index in [1.165, 1.54) is 19.3 Å². The molecule has 2 heterocycles. The van der Waals surface area contributed by atoms with Crippen LogP contribution >= 0.6 is 0 Å². The average Bonchev–Trinajstić information content (AvgIpc) is 3.38. The Bertz CT molecular complexity index is 1200. The number of hydrogen-bond donors (Lipinski definition) is 1. The molecule has 0 radical (unpaired) electrons. The van der Waals surface area contributed by atoms with Crippen molar-refractivity contribution < 1.29 is 43.2 Å². The first kappa shape index (κ1) is 29.2. The van der Waals surface area contributed by atoms with Gasteiger partial charge in [0.25, 0.3) is 5.91 Å². The number of amides is 2. The number of hydrogen-bond acceptors (Lipinski definition) is 9. The summed E-state index contributed by atoms with van der Waals surface area (Å²) in [6.07, 6.45) is 1.08. The fourth-order valence-corrected chi connectivity index (χ4v) is 4.35. The topological polar surface area (TPSA) is 121 Å². The summed E-state index contributed by atoms with van der Waals surface area (Å²) >= 11 is 0. The Morgan fingerprint density at radius 3 is 2.52 bits per heavy atom. The zero-order chi connectivity index (χ0) is 28.3. The van der Waals surface area contributed by atoms with Crippen molar-refractivity contribution in [3.8, 4) is 0 Å². The Balaban J connectivity index is 1.30. The zero-order valence-corrected chi connectivity index (χ0v) is 22.2. The molecular formula is C30H33NO9. The summed E-state index contributed by atoms with van der Waals surface area (Å²) in [7, 11) is 1.28. The SMILES string of the molecule is CO[C@H](C(=O)N1C(=O)OC[C@@H]1c1ccccc1)[C@@H]1OC(=CCCOC[C@@H](CO)OCc2ccccc2)C=CC1=O. The molecule has 0 saturated carbocycles. The van der Waals surface area contributed by atoms with Crippen LogP contribution in [0.5, 0.6) is 0 Å². The van der Waals surface area contributed by atoms with Crippen molar-refractivity contribution in [2.75, 3.05) is 33.5 Å². The molecule has 212 valence electrons. The molecule has 2 aliphatic heterocycles. The third kappa shape index (κ3) is 7.42. The van der Waals surface area contributed by atoms with Gasteiger partial charge in [-0.1, -0.05) is 60.7 Å². The van der Waals surface area contributed by atoms with Crippen molar-refractivity contribution >= 4 is 17.8 Å². The minimum Gasteiger partial charge on any atom is -0.479 e. The number of rotatable bonds is 13. The summed E-state index contributed by atoms with van der Waals surface area (Å²) in [6, 6.07) is 18.0. The van der Waals surface area contributed by atoms with Gasteiger partial charge in [0.15, 0.2) is 18.0 Å². The summed E-state index contributed by atoms with van der Waals surface area (Å²) in [5, 5.41) is 9.57. The molecule has 40 heavy (non-hydrogen) atoms. The van der Waals surface area contributed by atoms with Gasteiger partial charge in [0.1, 0.15) is 24.5 Å². The number of carbonyl (C=O) groups is 3. The van der Waals surface area contributed by atoms with E-state index in [-0.39, 0.29) is 19.8 Å². The number of nitrogens with zero attached hydrogens (tertiary/aromatic N) is 1. The van der Waals surface area contributed by atoms with Crippen LogP contribution < -0.4 is 0 Å². The van der Waals surface area contributed by atoms with E-state index in [0.717, 1.165) is 16.0 Å². The normalized spacial score (nSPS) is 21.2. The van der Waals surface area contributed by atoms with Gasteiger partial charge in [0, 0.05) is 7.11 Å². The smallest absolute Gasteiger partial charge is 0.417 e. The van der Waals surface area contributed by atoms with Crippen LogP contribution in [0.4, 0.5) is 4.79 Å². The van der Waals surface area contributed by atoms with E-state index < -0.39 is 42.1 Å². The monoisotopic (exact) mass is 551 g/mol. The lowest BCUT2D eigenvalue weighted by Crippen LogP contribution is -2.51. The number of aliphatic hydroxyl groups excluding tert-OH is 1. The van der Waals surface area contributed by atoms with Crippen LogP contribution in [0.3, 0.4) is 0 Å². The minimum absolute atomic E-state index is 0.00395. The Morgan fingerprint density at radius 2 is 1.82 bits per heavy atom. The molecule has 1 fully saturated rings. The lowest BCUT2D eigenvalue weighted by Gasteiger charge is -2.30. The lowest BCUT2D eigenvalue weighted by atomic mass is 10.0. The maximum atomic E-state index is 13.4. The summed E-state index contributed by atoms with van der Waals surface area (Å²) in [5.74, 6) is -0.815. The van der Waals surface area contributed by atoms with Crippen molar-refractivity contribution in [2.24, 2.45) is 0 Å². The van der Waals surface area contributed by atoms with Crippen LogP contribution in [-0.2, 0) is 39.9 Å². The Kier molecular flexibility index (Phi) is 10.6. The fourth-order valence-electron chi connectivity index (χ4n) is 4.35. The molecular weight excluding hydrogens is 518 g/mol. The molecule has 0 aromatic heterocycles. The molecule has 2 aromatic rings. The highest BCUT2D eigenvalue weighted by atomic mass is 16.6. The second kappa shape index (κ2) is 14.5. The van der Waals surface area contributed by atoms with E-state index in [1.807, 2.05) is 36.4 Å². The zero-order valence-electron chi connectivity index (χ0n) is 22.2. The first-order valence-corrected chi connectivity index (χ1v) is 13.0. The van der Waals surface area contributed by atoms with Crippen LogP contribution in [-0.4, -0.2) is 79.6 Å². The first-order chi connectivity index (χ1) is 19.5. The summed E-state index contributed by atoms with van der Waals surface area (Å²) in [5.41, 5.74) is 1.72. The number of carbonyl (C=O) groups excluding carboxylic acids is 3. The molecule has 4 rings (SSSR count). The van der Waals surface area contributed by atoms with Crippen molar-refractivity contribution in [2.45, 2.75) is 37.4 Å². The molecule has 2 aliphatic rings. The van der Waals surface area contributed by atoms with Gasteiger partial charge < -0.3 is 28.8 Å². The summed E-state index contributed by atoms with van der Waals surface area (Å²) < 4.78 is 27.7. The number of cyclic esters (lactones) is 1. The van der Waals surface area contributed by atoms with E-state index in [1.54, 1.807) is 30.3 Å². The van der Waals surface area contributed by atoms with Crippen LogP contribution in [0.2, 0.25) is 0 Å². The highest BCUT2D eigenvalue weighted by Crippen LogP contribution is 2.30. The molecule has 2 amide bonds. The van der Waals surface area contributed by atoms with Crippen LogP contribution in [0, 0.1) is 0 Å². The van der Waals surface area contributed by atoms with E-state index >= 15 is 0 Å². The molecule has 1 saturated heterocycles. The second-order valence-corrected chi connectivity index (χ2v) is 9.21. The van der Waals surface area contributed by atoms with Gasteiger partial charge in [-0.15, -0.1) is 0 Å². The quantitative estimate of drug-likeness (QED) is 0.374. The van der Waals surface area contributed by atoms with Crippen LogP contribution in [0.25, 0.3) is 0 Å². The van der Waals surface area contributed by atoms with Crippen molar-refractivity contribution in [3.05, 3.63) is 95.8 Å². The molecule has 10 nitrogen and oxygen atoms in total. The Hall–Kier alpha value is -3.83. The molecule has 0 unspecified atom stereocenters. The number of methoxy groups -OCH3 is 1. The molecule has 10 heteroatoms. The van der Waals surface area contributed by atoms with Crippen LogP contribution in [0.1, 0.15) is 23.6 Å². The molecule has 0 bridgehead atoms. The maximum Gasteiger partial charge on any atom is 0.417 e. The summed E-state index contributed by atoms with van der Waals surface area (Å²) in [6.45, 7) is 0.721. The Labute approximate surface area is 232 Å². The highest BCUT2D eigenvalue weighted by molar-refractivity contribution is 6.03. The standard InChI is InChI=1S/C30H33NO9/c1-36-28(29(34)31-25(20-39-30(31)35)22-11-6-3-7-12-22)27-26(33)15-14-23(40-27)13-8-16-37-19-24(17-32)38-18-21-9-4-2-5-10-21/h2-7,9-15,24-25,27-28,32H,8,16-20H2,1H3/t24-,25-,27-,28+/m1/s1. The van der Waals surface area contributed by atoms with Gasteiger partial charge in [0.05, 0.1) is 26.4 Å². The summed E-state index contributed by atoms with van der Waals surface area (Å²) in [4.78, 5) is 39.6. The fraction of sp³-hybridized carbons (Fsp3) is 0.367. The number of ketones is 1. The molecule has 2 aromatic carbocycles. The van der Waals surface area contributed by atoms with E-state index in [9.17, 15) is 19.5 Å². The Morgan fingerprint density at radius 1 is 1.10 bits per heavy atom. The first-order valence-electron chi connectivity index (χ1n) is 13.0. The number of aliphatic hydroxyl groups is 1. The van der Waals surface area contributed by atoms with Gasteiger partial charge in [-0.05, 0) is 35.8 Å². The highest BCUT2D eigenvalue weighted by Gasteiger charge is 2.46. The van der Waals surface area contributed by atoms with Gasteiger partial charge in [-0.25, -0.2) is 9.69 Å². The number of benzene rings is 2. The molecule has 4 atom stereocenters. The van der Waals surface area contributed by atoms with Gasteiger partial charge in [-0.3, -0.25) is 9.59 Å².